The van der Waals surface area contributed by atoms with Crippen LogP contribution in [0.1, 0.15) is 12.2 Å². The Balaban J connectivity index is 1.54. The molecule has 116 valence electrons. The Morgan fingerprint density at radius 2 is 2.32 bits per heavy atom. The van der Waals surface area contributed by atoms with E-state index in [0.717, 1.165) is 31.9 Å². The summed E-state index contributed by atoms with van der Waals surface area (Å²) in [5, 5.41) is 13.9. The zero-order chi connectivity index (χ0) is 15.5. The highest BCUT2D eigenvalue weighted by Gasteiger charge is 2.23. The fourth-order valence-electron chi connectivity index (χ4n) is 2.63. The Kier molecular flexibility index (Phi) is 4.01. The lowest BCUT2D eigenvalue weighted by atomic mass is 10.2. The van der Waals surface area contributed by atoms with Crippen LogP contribution >= 0.6 is 0 Å². The minimum atomic E-state index is -0.444. The minimum absolute atomic E-state index is 0.00776. The normalized spacial score (nSPS) is 18.5. The van der Waals surface area contributed by atoms with Crippen LogP contribution in [0, 0.1) is 10.1 Å². The molecule has 0 spiro atoms. The molecule has 0 radical (unpaired) electrons. The number of aryl methyl sites for hydroxylation is 1. The van der Waals surface area contributed by atoms with Gasteiger partial charge in [-0.1, -0.05) is 0 Å². The molecule has 1 atom stereocenters. The second kappa shape index (κ2) is 6.10. The lowest BCUT2D eigenvalue weighted by molar-refractivity contribution is -0.385. The third-order valence-corrected chi connectivity index (χ3v) is 3.87. The summed E-state index contributed by atoms with van der Waals surface area (Å²) in [4.78, 5) is 20.9. The third-order valence-electron chi connectivity index (χ3n) is 3.87. The summed E-state index contributed by atoms with van der Waals surface area (Å²) in [7, 11) is 1.99. The van der Waals surface area contributed by atoms with E-state index < -0.39 is 4.92 Å². The molecule has 1 unspecified atom stereocenters. The van der Waals surface area contributed by atoms with Crippen molar-refractivity contribution in [3.05, 3.63) is 46.7 Å². The maximum atomic E-state index is 10.6. The summed E-state index contributed by atoms with van der Waals surface area (Å²) >= 11 is 0. The van der Waals surface area contributed by atoms with E-state index in [1.54, 1.807) is 6.07 Å². The highest BCUT2D eigenvalue weighted by Crippen LogP contribution is 2.18. The molecule has 2 aromatic heterocycles. The molecule has 8 nitrogen and oxygen atoms in total. The number of nitrogens with one attached hydrogen (secondary N) is 1. The first kappa shape index (κ1) is 14.5. The molecule has 1 aliphatic heterocycles. The van der Waals surface area contributed by atoms with Crippen molar-refractivity contribution >= 4 is 11.5 Å². The average molecular weight is 302 g/mol. The smallest absolute Gasteiger partial charge is 0.287 e. The molecule has 2 aromatic rings. The van der Waals surface area contributed by atoms with Crippen LogP contribution < -0.4 is 5.32 Å². The predicted octanol–water partition coefficient (Wildman–Crippen LogP) is 1.41. The highest BCUT2D eigenvalue weighted by molar-refractivity contribution is 5.41. The van der Waals surface area contributed by atoms with E-state index in [2.05, 4.69) is 20.2 Å². The topological polar surface area (TPSA) is 89.1 Å². The Morgan fingerprint density at radius 1 is 1.45 bits per heavy atom. The van der Waals surface area contributed by atoms with Gasteiger partial charge in [0.25, 0.3) is 5.69 Å². The van der Waals surface area contributed by atoms with E-state index in [1.807, 2.05) is 24.0 Å². The first-order valence-electron chi connectivity index (χ1n) is 7.17. The molecule has 0 aromatic carbocycles. The van der Waals surface area contributed by atoms with Gasteiger partial charge < -0.3 is 9.88 Å². The maximum Gasteiger partial charge on any atom is 0.287 e. The highest BCUT2D eigenvalue weighted by atomic mass is 16.6. The predicted molar refractivity (Wildman–Crippen MR) is 81.4 cm³/mol. The van der Waals surface area contributed by atoms with Crippen molar-refractivity contribution in [2.45, 2.75) is 19.0 Å². The van der Waals surface area contributed by atoms with Gasteiger partial charge in [-0.3, -0.25) is 15.0 Å². The van der Waals surface area contributed by atoms with Crippen LogP contribution in [-0.2, 0) is 13.6 Å². The summed E-state index contributed by atoms with van der Waals surface area (Å²) in [5.41, 5.74) is 0.00776. The summed E-state index contributed by atoms with van der Waals surface area (Å²) in [6.45, 7) is 2.73. The molecule has 22 heavy (non-hydrogen) atoms. The fraction of sp³-hybridized carbons (Fsp3) is 0.429. The van der Waals surface area contributed by atoms with Crippen molar-refractivity contribution in [1.82, 2.24) is 19.4 Å². The number of imidazole rings is 1. The summed E-state index contributed by atoms with van der Waals surface area (Å²) < 4.78 is 2.03. The average Bonchev–Trinajstić information content (AvgIpc) is 3.10. The molecule has 0 amide bonds. The van der Waals surface area contributed by atoms with Crippen LogP contribution in [0.5, 0.6) is 0 Å². The van der Waals surface area contributed by atoms with Crippen LogP contribution in [-0.4, -0.2) is 43.5 Å². The molecule has 3 rings (SSSR count). The first-order chi connectivity index (χ1) is 10.6. The molecule has 0 saturated carbocycles. The van der Waals surface area contributed by atoms with E-state index in [0.29, 0.717) is 11.9 Å². The molecule has 1 saturated heterocycles. The first-order valence-corrected chi connectivity index (χ1v) is 7.17. The number of hydrogen-bond acceptors (Lipinski definition) is 6. The number of hydrogen-bond donors (Lipinski definition) is 1. The zero-order valence-corrected chi connectivity index (χ0v) is 12.3. The van der Waals surface area contributed by atoms with Gasteiger partial charge in [0.2, 0.25) is 0 Å². The van der Waals surface area contributed by atoms with Crippen LogP contribution in [0.25, 0.3) is 0 Å². The van der Waals surface area contributed by atoms with Crippen LogP contribution in [0.4, 0.5) is 11.5 Å². The molecular weight excluding hydrogens is 284 g/mol. The standard InChI is InChI=1S/C14H18N6O2/c1-18-7-5-15-14(18)10-19-6-4-11(9-19)17-13-3-2-12(8-16-13)20(21)22/h2-3,5,7-8,11H,4,6,9-10H2,1H3,(H,16,17). The SMILES string of the molecule is Cn1ccnc1CN1CCC(Nc2ccc([N+](=O)[O-])cn2)C1. The number of anilines is 1. The van der Waals surface area contributed by atoms with Crippen molar-refractivity contribution < 1.29 is 4.92 Å². The van der Waals surface area contributed by atoms with E-state index in [1.165, 1.54) is 12.3 Å². The van der Waals surface area contributed by atoms with Crippen molar-refractivity contribution in [1.29, 1.82) is 0 Å². The second-order valence-electron chi connectivity index (χ2n) is 5.48. The Hall–Kier alpha value is -2.48. The molecule has 8 heteroatoms. The van der Waals surface area contributed by atoms with Gasteiger partial charge in [0.1, 0.15) is 17.8 Å². The van der Waals surface area contributed by atoms with E-state index >= 15 is 0 Å². The number of likely N-dealkylation sites (tertiary alicyclic amines) is 1. The van der Waals surface area contributed by atoms with E-state index in [9.17, 15) is 10.1 Å². The number of nitro groups is 1. The number of aromatic nitrogens is 3. The Labute approximate surface area is 127 Å². The van der Waals surface area contributed by atoms with Crippen molar-refractivity contribution in [2.24, 2.45) is 7.05 Å². The van der Waals surface area contributed by atoms with Gasteiger partial charge in [0, 0.05) is 44.6 Å². The van der Waals surface area contributed by atoms with Gasteiger partial charge in [0.15, 0.2) is 0 Å². The Morgan fingerprint density at radius 3 is 2.95 bits per heavy atom. The minimum Gasteiger partial charge on any atom is -0.366 e. The lowest BCUT2D eigenvalue weighted by Crippen LogP contribution is -2.27. The quantitative estimate of drug-likeness (QED) is 0.663. The lowest BCUT2D eigenvalue weighted by Gasteiger charge is -2.16. The summed E-state index contributed by atoms with van der Waals surface area (Å²) in [6.07, 6.45) is 6.05. The van der Waals surface area contributed by atoms with Gasteiger partial charge in [-0.25, -0.2) is 9.97 Å². The van der Waals surface area contributed by atoms with Crippen molar-refractivity contribution in [2.75, 3.05) is 18.4 Å². The second-order valence-corrected chi connectivity index (χ2v) is 5.48. The fourth-order valence-corrected chi connectivity index (χ4v) is 2.63. The van der Waals surface area contributed by atoms with Crippen LogP contribution in [0.3, 0.4) is 0 Å². The monoisotopic (exact) mass is 302 g/mol. The molecule has 1 fully saturated rings. The summed E-state index contributed by atoms with van der Waals surface area (Å²) in [5.74, 6) is 1.73. The molecule has 1 N–H and O–H groups in total. The molecule has 3 heterocycles. The number of nitrogens with zero attached hydrogens (tertiary/aromatic N) is 5. The molecule has 0 bridgehead atoms. The summed E-state index contributed by atoms with van der Waals surface area (Å²) in [6, 6.07) is 3.42. The third kappa shape index (κ3) is 3.22. The maximum absolute atomic E-state index is 10.6. The van der Waals surface area contributed by atoms with Crippen LogP contribution in [0.15, 0.2) is 30.7 Å². The van der Waals surface area contributed by atoms with Gasteiger partial charge in [-0.05, 0) is 12.5 Å². The largest absolute Gasteiger partial charge is 0.366 e. The zero-order valence-electron chi connectivity index (χ0n) is 12.3. The number of pyridine rings is 1. The number of rotatable bonds is 5. The molecule has 1 aliphatic rings. The van der Waals surface area contributed by atoms with Gasteiger partial charge >= 0.3 is 0 Å². The van der Waals surface area contributed by atoms with Gasteiger partial charge in [0.05, 0.1) is 11.5 Å². The van der Waals surface area contributed by atoms with E-state index in [4.69, 9.17) is 0 Å². The van der Waals surface area contributed by atoms with E-state index in [-0.39, 0.29) is 5.69 Å². The van der Waals surface area contributed by atoms with Gasteiger partial charge in [-0.15, -0.1) is 0 Å². The molecule has 0 aliphatic carbocycles. The van der Waals surface area contributed by atoms with Gasteiger partial charge in [-0.2, -0.15) is 0 Å². The Bertz CT molecular complexity index is 654. The van der Waals surface area contributed by atoms with Crippen molar-refractivity contribution in [3.8, 4) is 0 Å². The van der Waals surface area contributed by atoms with Crippen molar-refractivity contribution in [3.63, 3.8) is 0 Å². The molecular formula is C14H18N6O2. The van der Waals surface area contributed by atoms with Crippen LogP contribution in [0.2, 0.25) is 0 Å².